The molecule has 126 valence electrons. The fourth-order valence-corrected chi connectivity index (χ4v) is 6.81. The van der Waals surface area contributed by atoms with Crippen LogP contribution < -0.4 is 0 Å². The van der Waals surface area contributed by atoms with Crippen molar-refractivity contribution in [1.82, 2.24) is 4.90 Å². The quantitative estimate of drug-likeness (QED) is 0.686. The second kappa shape index (κ2) is 6.25. The van der Waals surface area contributed by atoms with Gasteiger partial charge in [-0.15, -0.1) is 23.5 Å². The molecule has 1 aromatic rings. The normalized spacial score (nSPS) is 27.7. The van der Waals surface area contributed by atoms with E-state index in [-0.39, 0.29) is 10.2 Å². The summed E-state index contributed by atoms with van der Waals surface area (Å²) in [5, 5.41) is 0.630. The minimum absolute atomic E-state index is 0.0585. The molecule has 1 spiro atoms. The largest absolute Gasteiger partial charge is 0.444 e. The summed E-state index contributed by atoms with van der Waals surface area (Å²) in [7, 11) is 0. The van der Waals surface area contributed by atoms with E-state index in [1.165, 1.54) is 11.1 Å². The highest BCUT2D eigenvalue weighted by Crippen LogP contribution is 2.51. The molecule has 0 aliphatic carbocycles. The van der Waals surface area contributed by atoms with Gasteiger partial charge in [0.1, 0.15) is 5.60 Å². The van der Waals surface area contributed by atoms with Crippen LogP contribution in [-0.4, -0.2) is 38.2 Å². The van der Waals surface area contributed by atoms with Gasteiger partial charge in [0, 0.05) is 24.1 Å². The van der Waals surface area contributed by atoms with Gasteiger partial charge in [0.25, 0.3) is 0 Å². The Bertz CT molecular complexity index is 599. The van der Waals surface area contributed by atoms with Crippen molar-refractivity contribution in [1.29, 1.82) is 0 Å². The van der Waals surface area contributed by atoms with E-state index < -0.39 is 5.60 Å². The third kappa shape index (κ3) is 4.00. The number of fused-ring (bicyclic) bond motifs is 1. The van der Waals surface area contributed by atoms with Gasteiger partial charge >= 0.3 is 6.09 Å². The van der Waals surface area contributed by atoms with Crippen molar-refractivity contribution in [3.63, 3.8) is 0 Å². The van der Waals surface area contributed by atoms with Gasteiger partial charge in [0.15, 0.2) is 0 Å². The smallest absolute Gasteiger partial charge is 0.410 e. The number of hydrogen-bond acceptors (Lipinski definition) is 4. The molecule has 3 nitrogen and oxygen atoms in total. The van der Waals surface area contributed by atoms with Crippen LogP contribution in [0.2, 0.25) is 0 Å². The van der Waals surface area contributed by atoms with E-state index >= 15 is 0 Å². The van der Waals surface area contributed by atoms with Crippen molar-refractivity contribution in [3.05, 3.63) is 35.4 Å². The fourth-order valence-electron chi connectivity index (χ4n) is 3.12. The number of benzene rings is 1. The predicted octanol–water partition coefficient (Wildman–Crippen LogP) is 4.54. The average Bonchev–Trinajstić information content (AvgIpc) is 2.70. The second-order valence-electron chi connectivity index (χ2n) is 7.43. The number of carbonyl (C=O) groups excluding carboxylic acids is 1. The van der Waals surface area contributed by atoms with Gasteiger partial charge < -0.3 is 9.64 Å². The Morgan fingerprint density at radius 3 is 2.61 bits per heavy atom. The molecule has 0 saturated carbocycles. The minimum atomic E-state index is -0.459. The van der Waals surface area contributed by atoms with Gasteiger partial charge in [-0.2, -0.15) is 0 Å². The van der Waals surface area contributed by atoms with Crippen molar-refractivity contribution in [3.8, 4) is 0 Å². The van der Waals surface area contributed by atoms with Crippen molar-refractivity contribution in [2.45, 2.75) is 55.6 Å². The van der Waals surface area contributed by atoms with Crippen LogP contribution in [0.5, 0.6) is 0 Å². The van der Waals surface area contributed by atoms with E-state index in [1.54, 1.807) is 0 Å². The molecule has 1 aromatic carbocycles. The van der Waals surface area contributed by atoms with Crippen LogP contribution in [-0.2, 0) is 17.7 Å². The fraction of sp³-hybridized carbons (Fsp3) is 0.611. The zero-order chi connectivity index (χ0) is 16.7. The second-order valence-corrected chi connectivity index (χ2v) is 10.9. The summed E-state index contributed by atoms with van der Waals surface area (Å²) in [6.45, 7) is 9.44. The van der Waals surface area contributed by atoms with Crippen LogP contribution in [0.1, 0.15) is 38.8 Å². The SMILES string of the molecule is CC1CSC2(Cc3ccccc3CN(C(=O)OC(C)(C)C)C2)S1. The molecule has 2 aliphatic rings. The molecular formula is C18H25NO2S2. The summed E-state index contributed by atoms with van der Waals surface area (Å²) in [6.07, 6.45) is 0.816. The Balaban J connectivity index is 1.90. The Kier molecular flexibility index (Phi) is 4.62. The molecule has 1 amide bonds. The lowest BCUT2D eigenvalue weighted by molar-refractivity contribution is 0.0235. The predicted molar refractivity (Wildman–Crippen MR) is 99.0 cm³/mol. The molecule has 2 unspecified atom stereocenters. The lowest BCUT2D eigenvalue weighted by Crippen LogP contribution is -2.42. The van der Waals surface area contributed by atoms with Crippen LogP contribution in [0.25, 0.3) is 0 Å². The summed E-state index contributed by atoms with van der Waals surface area (Å²) < 4.78 is 5.70. The molecule has 2 atom stereocenters. The van der Waals surface area contributed by atoms with Gasteiger partial charge in [0.05, 0.1) is 4.08 Å². The van der Waals surface area contributed by atoms with Gasteiger partial charge in [0.2, 0.25) is 0 Å². The summed E-state index contributed by atoms with van der Waals surface area (Å²) in [5.41, 5.74) is 2.16. The number of thioether (sulfide) groups is 2. The number of nitrogens with zero attached hydrogens (tertiary/aromatic N) is 1. The standard InChI is InChI=1S/C18H25NO2S2/c1-13-11-22-18(23-13)9-14-7-5-6-8-15(14)10-19(12-18)16(20)21-17(2,3)4/h5-8,13H,9-12H2,1-4H3. The highest BCUT2D eigenvalue weighted by Gasteiger charge is 2.44. The van der Waals surface area contributed by atoms with Crippen LogP contribution in [0.4, 0.5) is 4.79 Å². The van der Waals surface area contributed by atoms with Crippen molar-refractivity contribution in [2.24, 2.45) is 0 Å². The Morgan fingerprint density at radius 2 is 2.00 bits per heavy atom. The molecule has 2 aliphatic heterocycles. The Hall–Kier alpha value is -0.810. The first-order valence-corrected chi connectivity index (χ1v) is 9.99. The lowest BCUT2D eigenvalue weighted by atomic mass is 10.0. The molecule has 1 saturated heterocycles. The first-order chi connectivity index (χ1) is 10.8. The van der Waals surface area contributed by atoms with E-state index in [0.29, 0.717) is 11.8 Å². The van der Waals surface area contributed by atoms with Gasteiger partial charge in [-0.3, -0.25) is 0 Å². The maximum atomic E-state index is 12.7. The van der Waals surface area contributed by atoms with E-state index in [9.17, 15) is 4.79 Å². The van der Waals surface area contributed by atoms with E-state index in [0.717, 1.165) is 18.7 Å². The summed E-state index contributed by atoms with van der Waals surface area (Å²) in [5.74, 6) is 1.15. The average molecular weight is 352 g/mol. The Morgan fingerprint density at radius 1 is 1.30 bits per heavy atom. The molecule has 23 heavy (non-hydrogen) atoms. The van der Waals surface area contributed by atoms with Crippen LogP contribution in [0.3, 0.4) is 0 Å². The van der Waals surface area contributed by atoms with Gasteiger partial charge in [-0.25, -0.2) is 4.79 Å². The molecule has 2 heterocycles. The number of ether oxygens (including phenoxy) is 1. The molecule has 0 N–H and O–H groups in total. The maximum Gasteiger partial charge on any atom is 0.410 e. The van der Waals surface area contributed by atoms with Crippen molar-refractivity contribution < 1.29 is 9.53 Å². The monoisotopic (exact) mass is 351 g/mol. The third-order valence-electron chi connectivity index (χ3n) is 4.02. The third-order valence-corrected chi connectivity index (χ3v) is 7.61. The summed E-state index contributed by atoms with van der Waals surface area (Å²) in [4.78, 5) is 14.6. The Labute approximate surface area is 147 Å². The van der Waals surface area contributed by atoms with Gasteiger partial charge in [-0.1, -0.05) is 31.2 Å². The van der Waals surface area contributed by atoms with Crippen molar-refractivity contribution >= 4 is 29.6 Å². The molecule has 1 fully saturated rings. The molecule has 5 heteroatoms. The van der Waals surface area contributed by atoms with Gasteiger partial charge in [-0.05, 0) is 38.3 Å². The highest BCUT2D eigenvalue weighted by molar-refractivity contribution is 8.21. The van der Waals surface area contributed by atoms with Crippen LogP contribution >= 0.6 is 23.5 Å². The molecule has 3 rings (SSSR count). The number of carbonyl (C=O) groups is 1. The number of rotatable bonds is 0. The van der Waals surface area contributed by atoms with Crippen LogP contribution in [0, 0.1) is 0 Å². The number of amides is 1. The van der Waals surface area contributed by atoms with Crippen LogP contribution in [0.15, 0.2) is 24.3 Å². The molecule has 0 bridgehead atoms. The zero-order valence-electron chi connectivity index (χ0n) is 14.3. The topological polar surface area (TPSA) is 29.5 Å². The highest BCUT2D eigenvalue weighted by atomic mass is 32.2. The summed E-state index contributed by atoms with van der Waals surface area (Å²) >= 11 is 4.02. The maximum absolute atomic E-state index is 12.7. The first-order valence-electron chi connectivity index (χ1n) is 8.13. The summed E-state index contributed by atoms with van der Waals surface area (Å²) in [6, 6.07) is 8.50. The first kappa shape index (κ1) is 17.0. The van der Waals surface area contributed by atoms with E-state index in [1.807, 2.05) is 49.2 Å². The minimum Gasteiger partial charge on any atom is -0.444 e. The molecule has 0 aromatic heterocycles. The molecule has 0 radical (unpaired) electrons. The molecular weight excluding hydrogens is 326 g/mol. The van der Waals surface area contributed by atoms with E-state index in [2.05, 4.69) is 31.2 Å². The zero-order valence-corrected chi connectivity index (χ0v) is 15.9. The van der Waals surface area contributed by atoms with E-state index in [4.69, 9.17) is 4.74 Å². The lowest BCUT2D eigenvalue weighted by Gasteiger charge is -2.33. The van der Waals surface area contributed by atoms with Crippen molar-refractivity contribution in [2.75, 3.05) is 12.3 Å². The number of hydrogen-bond donors (Lipinski definition) is 0.